The number of hydrogen-bond donors (Lipinski definition) is 1. The summed E-state index contributed by atoms with van der Waals surface area (Å²) in [6.07, 6.45) is 4.68. The molecule has 20 heavy (non-hydrogen) atoms. The van der Waals surface area contributed by atoms with Crippen LogP contribution in [0.1, 0.15) is 38.7 Å². The molecule has 0 saturated carbocycles. The average molecular weight is 276 g/mol. The number of hydrogen-bond acceptors (Lipinski definition) is 3. The molecule has 2 rings (SSSR count). The third-order valence-corrected chi connectivity index (χ3v) is 4.73. The van der Waals surface area contributed by atoms with Gasteiger partial charge in [-0.2, -0.15) is 0 Å². The second kappa shape index (κ2) is 6.59. The van der Waals surface area contributed by atoms with Crippen LogP contribution in [0.2, 0.25) is 0 Å². The highest BCUT2D eigenvalue weighted by molar-refractivity contribution is 5.27. The molecule has 0 aliphatic carbocycles. The van der Waals surface area contributed by atoms with Crippen LogP contribution in [0.4, 0.5) is 0 Å². The van der Waals surface area contributed by atoms with Crippen molar-refractivity contribution in [2.75, 3.05) is 20.2 Å². The molecule has 1 unspecified atom stereocenters. The van der Waals surface area contributed by atoms with E-state index >= 15 is 0 Å². The third kappa shape index (κ3) is 3.53. The molecule has 0 aromatic heterocycles. The highest BCUT2D eigenvalue weighted by Gasteiger charge is 2.34. The molecule has 1 aliphatic rings. The second-order valence-electron chi connectivity index (χ2n) is 6.34. The molecule has 1 heterocycles. The quantitative estimate of drug-likeness (QED) is 0.868. The van der Waals surface area contributed by atoms with Crippen molar-refractivity contribution in [2.24, 2.45) is 5.73 Å². The van der Waals surface area contributed by atoms with Gasteiger partial charge >= 0.3 is 0 Å². The van der Waals surface area contributed by atoms with E-state index < -0.39 is 0 Å². The first-order chi connectivity index (χ1) is 9.54. The lowest BCUT2D eigenvalue weighted by Gasteiger charge is -2.40. The summed E-state index contributed by atoms with van der Waals surface area (Å²) in [6, 6.07) is 8.52. The van der Waals surface area contributed by atoms with Crippen molar-refractivity contribution in [3.05, 3.63) is 29.8 Å². The minimum Gasteiger partial charge on any atom is -0.497 e. The largest absolute Gasteiger partial charge is 0.497 e. The maximum absolute atomic E-state index is 6.47. The number of methoxy groups -OCH3 is 1. The zero-order valence-corrected chi connectivity index (χ0v) is 13.1. The van der Waals surface area contributed by atoms with E-state index in [4.69, 9.17) is 10.5 Å². The molecule has 0 bridgehead atoms. The summed E-state index contributed by atoms with van der Waals surface area (Å²) >= 11 is 0. The number of benzene rings is 1. The van der Waals surface area contributed by atoms with Crippen molar-refractivity contribution >= 4 is 0 Å². The number of aryl methyl sites for hydroxylation is 1. The summed E-state index contributed by atoms with van der Waals surface area (Å²) in [7, 11) is 1.70. The van der Waals surface area contributed by atoms with E-state index in [1.165, 1.54) is 31.5 Å². The average Bonchev–Trinajstić information content (AvgIpc) is 3.00. The Morgan fingerprint density at radius 1 is 1.20 bits per heavy atom. The first kappa shape index (κ1) is 15.3. The van der Waals surface area contributed by atoms with Gasteiger partial charge < -0.3 is 10.5 Å². The summed E-state index contributed by atoms with van der Waals surface area (Å²) in [5.41, 5.74) is 7.90. The van der Waals surface area contributed by atoms with Gasteiger partial charge in [0.2, 0.25) is 0 Å². The summed E-state index contributed by atoms with van der Waals surface area (Å²) < 4.78 is 5.19. The molecule has 1 aliphatic heterocycles. The van der Waals surface area contributed by atoms with Crippen LogP contribution in [0.5, 0.6) is 5.75 Å². The van der Waals surface area contributed by atoms with E-state index in [2.05, 4.69) is 30.9 Å². The first-order valence-corrected chi connectivity index (χ1v) is 7.67. The summed E-state index contributed by atoms with van der Waals surface area (Å²) in [5.74, 6) is 0.912. The number of nitrogens with zero attached hydrogens (tertiary/aromatic N) is 1. The van der Waals surface area contributed by atoms with Gasteiger partial charge in [-0.1, -0.05) is 12.1 Å². The molecule has 1 atom stereocenters. The topological polar surface area (TPSA) is 38.5 Å². The third-order valence-electron chi connectivity index (χ3n) is 4.73. The molecular weight excluding hydrogens is 248 g/mol. The fourth-order valence-corrected chi connectivity index (χ4v) is 3.00. The fraction of sp³-hybridized carbons (Fsp3) is 0.647. The lowest BCUT2D eigenvalue weighted by atomic mass is 9.89. The summed E-state index contributed by atoms with van der Waals surface area (Å²) in [5, 5.41) is 0. The Kier molecular flexibility index (Phi) is 5.06. The zero-order valence-electron chi connectivity index (χ0n) is 13.1. The molecule has 112 valence electrons. The molecule has 1 aromatic rings. The molecule has 0 spiro atoms. The summed E-state index contributed by atoms with van der Waals surface area (Å²) in [4.78, 5) is 2.55. The van der Waals surface area contributed by atoms with E-state index in [9.17, 15) is 0 Å². The molecule has 2 N–H and O–H groups in total. The Balaban J connectivity index is 1.88. The van der Waals surface area contributed by atoms with Crippen molar-refractivity contribution in [3.63, 3.8) is 0 Å². The minimum absolute atomic E-state index is 0.100. The smallest absolute Gasteiger partial charge is 0.118 e. The van der Waals surface area contributed by atoms with Gasteiger partial charge in [0.1, 0.15) is 5.75 Å². The molecule has 3 heteroatoms. The Morgan fingerprint density at radius 3 is 2.35 bits per heavy atom. The van der Waals surface area contributed by atoms with Crippen LogP contribution in [0.3, 0.4) is 0 Å². The molecule has 1 saturated heterocycles. The standard InChI is InChI=1S/C17H28N2O/c1-17(2,19-12-4-5-13-19)16(18)11-8-14-6-9-15(20-3)10-7-14/h6-7,9-10,16H,4-5,8,11-13,18H2,1-3H3. The van der Waals surface area contributed by atoms with E-state index in [0.717, 1.165) is 18.6 Å². The van der Waals surface area contributed by atoms with Gasteiger partial charge in [0.25, 0.3) is 0 Å². The van der Waals surface area contributed by atoms with Crippen LogP contribution in [0.25, 0.3) is 0 Å². The highest BCUT2D eigenvalue weighted by Crippen LogP contribution is 2.25. The normalized spacial score (nSPS) is 18.2. The lowest BCUT2D eigenvalue weighted by Crippen LogP contribution is -2.55. The van der Waals surface area contributed by atoms with Gasteiger partial charge in [0.15, 0.2) is 0 Å². The lowest BCUT2D eigenvalue weighted by molar-refractivity contribution is 0.120. The van der Waals surface area contributed by atoms with Crippen molar-refractivity contribution in [1.82, 2.24) is 4.90 Å². The predicted molar refractivity (Wildman–Crippen MR) is 84.2 cm³/mol. The maximum atomic E-state index is 6.47. The summed E-state index contributed by atoms with van der Waals surface area (Å²) in [6.45, 7) is 6.97. The molecule has 1 aromatic carbocycles. The van der Waals surface area contributed by atoms with E-state index in [1.807, 2.05) is 12.1 Å². The van der Waals surface area contributed by atoms with Crippen molar-refractivity contribution in [1.29, 1.82) is 0 Å². The van der Waals surface area contributed by atoms with Gasteiger partial charge in [-0.15, -0.1) is 0 Å². The molecule has 3 nitrogen and oxygen atoms in total. The van der Waals surface area contributed by atoms with Crippen molar-refractivity contribution in [2.45, 2.75) is 51.1 Å². The minimum atomic E-state index is 0.100. The van der Waals surface area contributed by atoms with Gasteiger partial charge in [0, 0.05) is 11.6 Å². The first-order valence-electron chi connectivity index (χ1n) is 7.67. The number of nitrogens with two attached hydrogens (primary N) is 1. The number of rotatable bonds is 6. The number of likely N-dealkylation sites (tertiary alicyclic amines) is 1. The molecule has 0 amide bonds. The predicted octanol–water partition coefficient (Wildman–Crippen LogP) is 2.83. The Hall–Kier alpha value is -1.06. The molecule has 0 radical (unpaired) electrons. The Morgan fingerprint density at radius 2 is 1.80 bits per heavy atom. The molecule has 1 fully saturated rings. The van der Waals surface area contributed by atoms with Crippen LogP contribution in [-0.2, 0) is 6.42 Å². The van der Waals surface area contributed by atoms with E-state index in [-0.39, 0.29) is 11.6 Å². The van der Waals surface area contributed by atoms with E-state index in [0.29, 0.717) is 0 Å². The van der Waals surface area contributed by atoms with Crippen molar-refractivity contribution < 1.29 is 4.74 Å². The number of ether oxygens (including phenoxy) is 1. The Labute approximate surface area is 123 Å². The monoisotopic (exact) mass is 276 g/mol. The van der Waals surface area contributed by atoms with Crippen LogP contribution in [0, 0.1) is 0 Å². The van der Waals surface area contributed by atoms with Crippen LogP contribution >= 0.6 is 0 Å². The maximum Gasteiger partial charge on any atom is 0.118 e. The highest BCUT2D eigenvalue weighted by atomic mass is 16.5. The van der Waals surface area contributed by atoms with Gasteiger partial charge in [-0.3, -0.25) is 4.90 Å². The van der Waals surface area contributed by atoms with Crippen LogP contribution in [-0.4, -0.2) is 36.7 Å². The van der Waals surface area contributed by atoms with Gasteiger partial charge in [-0.05, 0) is 70.3 Å². The molecular formula is C17H28N2O. The second-order valence-corrected chi connectivity index (χ2v) is 6.34. The van der Waals surface area contributed by atoms with Crippen LogP contribution in [0.15, 0.2) is 24.3 Å². The van der Waals surface area contributed by atoms with Gasteiger partial charge in [0.05, 0.1) is 7.11 Å². The van der Waals surface area contributed by atoms with Crippen molar-refractivity contribution in [3.8, 4) is 5.75 Å². The fourth-order valence-electron chi connectivity index (χ4n) is 3.00. The Bertz CT molecular complexity index is 408. The van der Waals surface area contributed by atoms with E-state index in [1.54, 1.807) is 7.11 Å². The van der Waals surface area contributed by atoms with Gasteiger partial charge in [-0.25, -0.2) is 0 Å². The van der Waals surface area contributed by atoms with Crippen LogP contribution < -0.4 is 10.5 Å². The SMILES string of the molecule is COc1ccc(CCC(N)C(C)(C)N2CCCC2)cc1. The zero-order chi connectivity index (χ0) is 14.6.